The van der Waals surface area contributed by atoms with Gasteiger partial charge in [0.05, 0.1) is 18.1 Å². The third-order valence-electron chi connectivity index (χ3n) is 6.71. The smallest absolute Gasteiger partial charge is 0.162 e. The van der Waals surface area contributed by atoms with Crippen LogP contribution in [0.2, 0.25) is 0 Å². The first-order chi connectivity index (χ1) is 17.5. The number of benzene rings is 1. The Morgan fingerprint density at radius 2 is 0.917 bits per heavy atom. The first-order valence-electron chi connectivity index (χ1n) is 14.8. The number of rotatable bonds is 25. The molecule has 0 aromatic heterocycles. The van der Waals surface area contributed by atoms with Crippen LogP contribution in [0.4, 0.5) is 0 Å². The van der Waals surface area contributed by atoms with Crippen molar-refractivity contribution in [2.75, 3.05) is 13.2 Å². The quantitative estimate of drug-likeness (QED) is 0.0939. The molecular weight excluding hydrogens is 472 g/mol. The monoisotopic (exact) mass is 525 g/mol. The van der Waals surface area contributed by atoms with Crippen molar-refractivity contribution in [2.24, 2.45) is 0 Å². The van der Waals surface area contributed by atoms with Gasteiger partial charge >= 0.3 is 0 Å². The Hall–Kier alpha value is -1.27. The molecule has 1 aromatic carbocycles. The highest BCUT2D eigenvalue weighted by atomic mass is 32.2. The molecule has 0 spiro atoms. The zero-order valence-electron chi connectivity index (χ0n) is 23.2. The van der Waals surface area contributed by atoms with Crippen LogP contribution in [0.1, 0.15) is 142 Å². The predicted molar refractivity (Wildman–Crippen MR) is 149 cm³/mol. The lowest BCUT2D eigenvalue weighted by Crippen LogP contribution is -2.05. The molecule has 0 amide bonds. The highest BCUT2D eigenvalue weighted by molar-refractivity contribution is 7.85. The summed E-state index contributed by atoms with van der Waals surface area (Å²) in [7, 11) is -4.53. The molecule has 0 bridgehead atoms. The standard InChI is InChI=1S/C30H54O5S/c1-3-5-7-9-11-13-15-17-19-21-25-34-29-24-23-28(36(31,32)33)27-30(29)35-26-22-20-18-16-14-12-10-8-6-4-2/h23-24,27H,3-22,25-26H2,1-2H3,(H,31,32,33)/p-1. The highest BCUT2D eigenvalue weighted by Crippen LogP contribution is 2.31. The van der Waals surface area contributed by atoms with Gasteiger partial charge in [0.2, 0.25) is 0 Å². The fraction of sp³-hybridized carbons (Fsp3) is 0.800. The number of ether oxygens (including phenoxy) is 2. The van der Waals surface area contributed by atoms with Crippen molar-refractivity contribution in [2.45, 2.75) is 147 Å². The number of hydrogen-bond acceptors (Lipinski definition) is 5. The van der Waals surface area contributed by atoms with Gasteiger partial charge < -0.3 is 14.0 Å². The van der Waals surface area contributed by atoms with E-state index in [1.165, 1.54) is 115 Å². The Balaban J connectivity index is 2.29. The second kappa shape index (κ2) is 21.8. The van der Waals surface area contributed by atoms with E-state index in [-0.39, 0.29) is 4.90 Å². The van der Waals surface area contributed by atoms with Crippen molar-refractivity contribution < 1.29 is 22.4 Å². The van der Waals surface area contributed by atoms with Crippen LogP contribution in [0.5, 0.6) is 11.5 Å². The maximum absolute atomic E-state index is 11.5. The minimum Gasteiger partial charge on any atom is -0.744 e. The summed E-state index contributed by atoms with van der Waals surface area (Å²) >= 11 is 0. The largest absolute Gasteiger partial charge is 0.744 e. The van der Waals surface area contributed by atoms with Crippen molar-refractivity contribution in [3.8, 4) is 11.5 Å². The molecule has 0 atom stereocenters. The van der Waals surface area contributed by atoms with Gasteiger partial charge in [-0.05, 0) is 25.0 Å². The van der Waals surface area contributed by atoms with Gasteiger partial charge in [0, 0.05) is 6.07 Å². The molecule has 1 aromatic rings. The molecular formula is C30H53O5S-. The molecule has 6 heteroatoms. The van der Waals surface area contributed by atoms with Gasteiger partial charge in [-0.3, -0.25) is 0 Å². The van der Waals surface area contributed by atoms with E-state index in [9.17, 15) is 13.0 Å². The van der Waals surface area contributed by atoms with Crippen LogP contribution in [-0.2, 0) is 10.1 Å². The Morgan fingerprint density at radius 1 is 0.556 bits per heavy atom. The van der Waals surface area contributed by atoms with E-state index in [0.717, 1.165) is 25.7 Å². The summed E-state index contributed by atoms with van der Waals surface area (Å²) < 4.78 is 46.2. The van der Waals surface area contributed by atoms with Crippen molar-refractivity contribution in [1.82, 2.24) is 0 Å². The number of hydrogen-bond donors (Lipinski definition) is 0. The van der Waals surface area contributed by atoms with Gasteiger partial charge in [-0.15, -0.1) is 0 Å². The zero-order chi connectivity index (χ0) is 26.3. The van der Waals surface area contributed by atoms with Crippen molar-refractivity contribution in [3.05, 3.63) is 18.2 Å². The number of unbranched alkanes of at least 4 members (excludes halogenated alkanes) is 18. The average Bonchev–Trinajstić information content (AvgIpc) is 2.85. The fourth-order valence-corrected chi connectivity index (χ4v) is 4.91. The van der Waals surface area contributed by atoms with Crippen LogP contribution in [-0.4, -0.2) is 26.2 Å². The predicted octanol–water partition coefficient (Wildman–Crippen LogP) is 9.19. The van der Waals surface area contributed by atoms with Crippen molar-refractivity contribution in [1.29, 1.82) is 0 Å². The SMILES string of the molecule is CCCCCCCCCCCCOc1ccc(S(=O)(=O)[O-])cc1OCCCCCCCCCCCC. The van der Waals surface area contributed by atoms with E-state index >= 15 is 0 Å². The van der Waals surface area contributed by atoms with Crippen molar-refractivity contribution >= 4 is 10.1 Å². The normalized spacial score (nSPS) is 11.6. The molecule has 0 aliphatic rings. The molecule has 0 saturated heterocycles. The third-order valence-corrected chi connectivity index (χ3v) is 7.55. The molecule has 5 nitrogen and oxygen atoms in total. The first kappa shape index (κ1) is 32.8. The summed E-state index contributed by atoms with van der Waals surface area (Å²) in [5.74, 6) is 0.875. The Morgan fingerprint density at radius 3 is 1.31 bits per heavy atom. The summed E-state index contributed by atoms with van der Waals surface area (Å²) in [6.45, 7) is 5.55. The molecule has 210 valence electrons. The Kier molecular flexibility index (Phi) is 19.8. The van der Waals surface area contributed by atoms with Gasteiger partial charge in [-0.1, -0.05) is 129 Å². The Labute approximate surface area is 222 Å². The summed E-state index contributed by atoms with van der Waals surface area (Å²) in [6.07, 6.45) is 25.0. The van der Waals surface area contributed by atoms with Crippen molar-refractivity contribution in [3.63, 3.8) is 0 Å². The van der Waals surface area contributed by atoms with E-state index in [0.29, 0.717) is 24.7 Å². The summed E-state index contributed by atoms with van der Waals surface area (Å²) in [5.41, 5.74) is 0. The lowest BCUT2D eigenvalue weighted by Gasteiger charge is -2.15. The van der Waals surface area contributed by atoms with Gasteiger partial charge in [-0.2, -0.15) is 0 Å². The molecule has 0 aliphatic carbocycles. The summed E-state index contributed by atoms with van der Waals surface area (Å²) in [6, 6.07) is 4.17. The lowest BCUT2D eigenvalue weighted by atomic mass is 10.1. The van der Waals surface area contributed by atoms with Gasteiger partial charge in [-0.25, -0.2) is 8.42 Å². The summed E-state index contributed by atoms with van der Waals surface area (Å²) in [5, 5.41) is 0. The fourth-order valence-electron chi connectivity index (χ4n) is 4.42. The summed E-state index contributed by atoms with van der Waals surface area (Å²) in [4.78, 5) is -0.271. The molecule has 1 rings (SSSR count). The molecule has 0 unspecified atom stereocenters. The minimum absolute atomic E-state index is 0.271. The third kappa shape index (κ3) is 17.2. The molecule has 0 heterocycles. The highest BCUT2D eigenvalue weighted by Gasteiger charge is 2.11. The van der Waals surface area contributed by atoms with E-state index in [2.05, 4.69) is 13.8 Å². The van der Waals surface area contributed by atoms with Crippen LogP contribution in [0, 0.1) is 0 Å². The van der Waals surface area contributed by atoms with Gasteiger partial charge in [0.1, 0.15) is 10.1 Å². The minimum atomic E-state index is -4.53. The average molecular weight is 526 g/mol. The van der Waals surface area contributed by atoms with E-state index < -0.39 is 10.1 Å². The molecule has 36 heavy (non-hydrogen) atoms. The maximum atomic E-state index is 11.5. The second-order valence-corrected chi connectivity index (χ2v) is 11.5. The van der Waals surface area contributed by atoms with Crippen LogP contribution in [0.25, 0.3) is 0 Å². The molecule has 0 N–H and O–H groups in total. The van der Waals surface area contributed by atoms with Crippen LogP contribution < -0.4 is 9.47 Å². The van der Waals surface area contributed by atoms with Gasteiger partial charge in [0.25, 0.3) is 0 Å². The van der Waals surface area contributed by atoms with E-state index in [1.54, 1.807) is 6.07 Å². The molecule has 0 fully saturated rings. The maximum Gasteiger partial charge on any atom is 0.162 e. The topological polar surface area (TPSA) is 75.7 Å². The van der Waals surface area contributed by atoms with Crippen LogP contribution >= 0.6 is 0 Å². The van der Waals surface area contributed by atoms with E-state index in [1.807, 2.05) is 0 Å². The van der Waals surface area contributed by atoms with Crippen LogP contribution in [0.3, 0.4) is 0 Å². The van der Waals surface area contributed by atoms with E-state index in [4.69, 9.17) is 9.47 Å². The first-order valence-corrected chi connectivity index (χ1v) is 16.3. The molecule has 0 aliphatic heterocycles. The Bertz CT molecular complexity index is 748. The van der Waals surface area contributed by atoms with Crippen LogP contribution in [0.15, 0.2) is 23.1 Å². The molecule has 0 saturated carbocycles. The van der Waals surface area contributed by atoms with Gasteiger partial charge in [0.15, 0.2) is 11.5 Å². The molecule has 0 radical (unpaired) electrons. The zero-order valence-corrected chi connectivity index (χ0v) is 24.1. The lowest BCUT2D eigenvalue weighted by molar-refractivity contribution is 0.257. The second-order valence-electron chi connectivity index (χ2n) is 10.1.